The highest BCUT2D eigenvalue weighted by molar-refractivity contribution is 6.05. The van der Waals surface area contributed by atoms with Gasteiger partial charge >= 0.3 is 0 Å². The Hall–Kier alpha value is -4.47. The predicted molar refractivity (Wildman–Crippen MR) is 130 cm³/mol. The van der Waals surface area contributed by atoms with Crippen LogP contribution in [-0.4, -0.2) is 65.7 Å². The Morgan fingerprint density at radius 3 is 2.77 bits per heavy atom. The first-order valence-electron chi connectivity index (χ1n) is 11.0. The number of halogens is 1. The van der Waals surface area contributed by atoms with Crippen molar-refractivity contribution in [3.63, 3.8) is 0 Å². The van der Waals surface area contributed by atoms with Crippen LogP contribution in [0.1, 0.15) is 10.4 Å². The molecular weight excluding hydrogens is 451 g/mol. The van der Waals surface area contributed by atoms with Crippen molar-refractivity contribution in [2.24, 2.45) is 5.73 Å². The molecule has 2 aromatic carbocycles. The standard InChI is InChI=1S/C25H23FN6O3/c1-31-8-9-32(13-22(31)33)14-6-7-15(25(27)34)16(10-14)24-17-11-19(28-12-20(17)29-30-24)23-18(26)4-3-5-21(23)35-2/h3-7,10-12H,8-9,13H2,1-2H3,(H2,27,34)(H,29,30). The number of pyridine rings is 1. The molecule has 35 heavy (non-hydrogen) atoms. The van der Waals surface area contributed by atoms with E-state index in [9.17, 15) is 14.0 Å². The minimum absolute atomic E-state index is 0.0107. The van der Waals surface area contributed by atoms with Gasteiger partial charge in [0.1, 0.15) is 17.3 Å². The van der Waals surface area contributed by atoms with E-state index in [2.05, 4.69) is 15.2 Å². The van der Waals surface area contributed by atoms with Crippen molar-refractivity contribution in [2.45, 2.75) is 0 Å². The molecule has 3 heterocycles. The van der Waals surface area contributed by atoms with Gasteiger partial charge in [-0.2, -0.15) is 5.10 Å². The molecule has 1 aliphatic rings. The van der Waals surface area contributed by atoms with Crippen LogP contribution in [0.3, 0.4) is 0 Å². The Morgan fingerprint density at radius 1 is 1.20 bits per heavy atom. The van der Waals surface area contributed by atoms with Gasteiger partial charge in [-0.3, -0.25) is 19.7 Å². The number of anilines is 1. The number of aromatic nitrogens is 3. The molecule has 0 unspecified atom stereocenters. The molecule has 0 radical (unpaired) electrons. The van der Waals surface area contributed by atoms with Gasteiger partial charge in [0, 0.05) is 42.3 Å². The van der Waals surface area contributed by atoms with E-state index in [1.54, 1.807) is 54.5 Å². The van der Waals surface area contributed by atoms with Crippen LogP contribution in [0.15, 0.2) is 48.7 Å². The van der Waals surface area contributed by atoms with Crippen molar-refractivity contribution < 1.29 is 18.7 Å². The number of likely N-dealkylation sites (N-methyl/N-ethyl adjacent to an activating group) is 1. The van der Waals surface area contributed by atoms with Crippen LogP contribution in [-0.2, 0) is 4.79 Å². The minimum Gasteiger partial charge on any atom is -0.496 e. The second-order valence-electron chi connectivity index (χ2n) is 8.34. The zero-order valence-corrected chi connectivity index (χ0v) is 19.2. The smallest absolute Gasteiger partial charge is 0.249 e. The number of nitrogens with two attached hydrogens (primary N) is 1. The van der Waals surface area contributed by atoms with Crippen molar-refractivity contribution in [1.29, 1.82) is 0 Å². The van der Waals surface area contributed by atoms with Crippen LogP contribution in [0.2, 0.25) is 0 Å². The fourth-order valence-electron chi connectivity index (χ4n) is 4.30. The highest BCUT2D eigenvalue weighted by Crippen LogP contribution is 2.36. The van der Waals surface area contributed by atoms with E-state index in [-0.39, 0.29) is 23.6 Å². The average Bonchev–Trinajstić information content (AvgIpc) is 3.28. The van der Waals surface area contributed by atoms with Crippen LogP contribution < -0.4 is 15.4 Å². The van der Waals surface area contributed by atoms with E-state index in [0.29, 0.717) is 46.7 Å². The number of fused-ring (bicyclic) bond motifs is 1. The lowest BCUT2D eigenvalue weighted by molar-refractivity contribution is -0.129. The molecule has 0 spiro atoms. The normalized spacial score (nSPS) is 14.0. The number of carbonyl (C=O) groups excluding carboxylic acids is 2. The monoisotopic (exact) mass is 474 g/mol. The first-order chi connectivity index (χ1) is 16.9. The molecule has 1 fully saturated rings. The molecule has 178 valence electrons. The van der Waals surface area contributed by atoms with Gasteiger partial charge in [0.15, 0.2) is 0 Å². The summed E-state index contributed by atoms with van der Waals surface area (Å²) in [6, 6.07) is 11.5. The Balaban J connectivity index is 1.65. The molecule has 10 heteroatoms. The number of rotatable bonds is 5. The molecule has 2 amide bonds. The lowest BCUT2D eigenvalue weighted by Crippen LogP contribution is -2.48. The summed E-state index contributed by atoms with van der Waals surface area (Å²) < 4.78 is 20.1. The Morgan fingerprint density at radius 2 is 2.03 bits per heavy atom. The van der Waals surface area contributed by atoms with Crippen molar-refractivity contribution in [2.75, 3.05) is 38.7 Å². The van der Waals surface area contributed by atoms with Crippen LogP contribution in [0.5, 0.6) is 5.75 Å². The Bertz CT molecular complexity index is 1470. The minimum atomic E-state index is -0.609. The topological polar surface area (TPSA) is 117 Å². The maximum Gasteiger partial charge on any atom is 0.249 e. The molecule has 9 nitrogen and oxygen atoms in total. The van der Waals surface area contributed by atoms with Gasteiger partial charge in [0.25, 0.3) is 0 Å². The molecule has 2 aromatic heterocycles. The number of primary amides is 1. The van der Waals surface area contributed by atoms with Gasteiger partial charge in [0.05, 0.1) is 36.6 Å². The first-order valence-corrected chi connectivity index (χ1v) is 11.0. The number of piperazine rings is 1. The third-order valence-electron chi connectivity index (χ3n) is 6.24. The number of carbonyl (C=O) groups is 2. The second-order valence-corrected chi connectivity index (χ2v) is 8.34. The van der Waals surface area contributed by atoms with Crippen molar-refractivity contribution >= 4 is 28.4 Å². The summed E-state index contributed by atoms with van der Waals surface area (Å²) in [6.45, 7) is 1.48. The molecule has 5 rings (SSSR count). The fourth-order valence-corrected chi connectivity index (χ4v) is 4.30. The number of amides is 2. The summed E-state index contributed by atoms with van der Waals surface area (Å²) in [5.74, 6) is -0.721. The van der Waals surface area contributed by atoms with Crippen molar-refractivity contribution in [3.8, 4) is 28.3 Å². The molecule has 0 atom stereocenters. The molecule has 0 saturated carbocycles. The van der Waals surface area contributed by atoms with Gasteiger partial charge < -0.3 is 20.3 Å². The molecule has 0 aliphatic carbocycles. The van der Waals surface area contributed by atoms with Gasteiger partial charge in [-0.05, 0) is 36.4 Å². The van der Waals surface area contributed by atoms with E-state index in [4.69, 9.17) is 10.5 Å². The van der Waals surface area contributed by atoms with Gasteiger partial charge in [-0.1, -0.05) is 6.07 Å². The number of methoxy groups -OCH3 is 1. The third-order valence-corrected chi connectivity index (χ3v) is 6.24. The molecular formula is C25H23FN6O3. The number of hydrogen-bond acceptors (Lipinski definition) is 6. The predicted octanol–water partition coefficient (Wildman–Crippen LogP) is 2.82. The van der Waals surface area contributed by atoms with Crippen molar-refractivity contribution in [1.82, 2.24) is 20.1 Å². The zero-order valence-electron chi connectivity index (χ0n) is 19.2. The van der Waals surface area contributed by atoms with Gasteiger partial charge in [0.2, 0.25) is 11.8 Å². The zero-order chi connectivity index (χ0) is 24.7. The van der Waals surface area contributed by atoms with E-state index in [0.717, 1.165) is 5.69 Å². The van der Waals surface area contributed by atoms with Crippen LogP contribution >= 0.6 is 0 Å². The summed E-state index contributed by atoms with van der Waals surface area (Å²) in [6.07, 6.45) is 1.56. The summed E-state index contributed by atoms with van der Waals surface area (Å²) in [7, 11) is 3.24. The lowest BCUT2D eigenvalue weighted by Gasteiger charge is -2.33. The van der Waals surface area contributed by atoms with Gasteiger partial charge in [-0.25, -0.2) is 4.39 Å². The molecule has 4 aromatic rings. The summed E-state index contributed by atoms with van der Waals surface area (Å²) in [4.78, 5) is 32.5. The van der Waals surface area contributed by atoms with E-state index < -0.39 is 11.7 Å². The summed E-state index contributed by atoms with van der Waals surface area (Å²) in [5.41, 5.74) is 8.90. The quantitative estimate of drug-likeness (QED) is 0.459. The van der Waals surface area contributed by atoms with Crippen molar-refractivity contribution in [3.05, 3.63) is 60.0 Å². The number of hydrogen-bond donors (Lipinski definition) is 2. The Kier molecular flexibility index (Phi) is 5.56. The lowest BCUT2D eigenvalue weighted by atomic mass is 9.99. The maximum absolute atomic E-state index is 14.7. The van der Waals surface area contributed by atoms with E-state index >= 15 is 0 Å². The number of benzene rings is 2. The van der Waals surface area contributed by atoms with Crippen LogP contribution in [0.4, 0.5) is 10.1 Å². The van der Waals surface area contributed by atoms with E-state index in [1.807, 2.05) is 4.90 Å². The van der Waals surface area contributed by atoms with Crippen LogP contribution in [0, 0.1) is 5.82 Å². The number of H-pyrrole nitrogens is 1. The Labute approximate surface area is 200 Å². The average molecular weight is 474 g/mol. The second kappa shape index (κ2) is 8.71. The third kappa shape index (κ3) is 3.92. The first kappa shape index (κ1) is 22.3. The fraction of sp³-hybridized carbons (Fsp3) is 0.200. The number of nitrogens with one attached hydrogen (secondary N) is 1. The molecule has 3 N–H and O–H groups in total. The number of aromatic amines is 1. The molecule has 1 aliphatic heterocycles. The SMILES string of the molecule is COc1cccc(F)c1-c1cc2c(-c3cc(N4CCN(C)C(=O)C4)ccc3C(N)=O)n[nH]c2cn1. The highest BCUT2D eigenvalue weighted by atomic mass is 19.1. The van der Waals surface area contributed by atoms with Gasteiger partial charge in [-0.15, -0.1) is 0 Å². The van der Waals surface area contributed by atoms with Crippen LogP contribution in [0.25, 0.3) is 33.4 Å². The molecule has 0 bridgehead atoms. The maximum atomic E-state index is 14.7. The summed E-state index contributed by atoms with van der Waals surface area (Å²) >= 11 is 0. The number of ether oxygens (including phenoxy) is 1. The largest absolute Gasteiger partial charge is 0.496 e. The highest BCUT2D eigenvalue weighted by Gasteiger charge is 2.24. The molecule has 1 saturated heterocycles. The number of nitrogens with zero attached hydrogens (tertiary/aromatic N) is 4. The van der Waals surface area contributed by atoms with E-state index in [1.165, 1.54) is 13.2 Å². The summed E-state index contributed by atoms with van der Waals surface area (Å²) in [5, 5.41) is 7.99.